The van der Waals surface area contributed by atoms with Crippen LogP contribution < -0.4 is 5.73 Å². The largest absolute Gasteiger partial charge is 0.416 e. The lowest BCUT2D eigenvalue weighted by molar-refractivity contribution is -0.137. The van der Waals surface area contributed by atoms with Gasteiger partial charge in [-0.1, -0.05) is 13.8 Å². The summed E-state index contributed by atoms with van der Waals surface area (Å²) in [7, 11) is 0. The van der Waals surface area contributed by atoms with Gasteiger partial charge in [-0.3, -0.25) is 0 Å². The second kappa shape index (κ2) is 3.95. The smallest absolute Gasteiger partial charge is 0.330 e. The lowest BCUT2D eigenvalue weighted by Gasteiger charge is -2.10. The van der Waals surface area contributed by atoms with Crippen LogP contribution in [0.4, 0.5) is 17.6 Å². The van der Waals surface area contributed by atoms with Crippen LogP contribution in [0, 0.1) is 17.2 Å². The Labute approximate surface area is 103 Å². The monoisotopic (exact) mass is 261 g/mol. The third-order valence-electron chi connectivity index (χ3n) is 3.91. The lowest BCUT2D eigenvalue weighted by atomic mass is 10.0. The van der Waals surface area contributed by atoms with Crippen LogP contribution >= 0.6 is 0 Å². The van der Waals surface area contributed by atoms with Crippen molar-refractivity contribution in [2.45, 2.75) is 25.9 Å². The van der Waals surface area contributed by atoms with Crippen LogP contribution in [0.5, 0.6) is 0 Å². The van der Waals surface area contributed by atoms with Gasteiger partial charge in [-0.2, -0.15) is 13.2 Å². The highest BCUT2D eigenvalue weighted by atomic mass is 19.4. The van der Waals surface area contributed by atoms with Crippen molar-refractivity contribution in [3.05, 3.63) is 35.1 Å². The Morgan fingerprint density at radius 3 is 2.28 bits per heavy atom. The molecule has 18 heavy (non-hydrogen) atoms. The number of rotatable bonds is 2. The van der Waals surface area contributed by atoms with Crippen LogP contribution in [0.25, 0.3) is 0 Å². The van der Waals surface area contributed by atoms with Gasteiger partial charge < -0.3 is 5.73 Å². The molecule has 0 heterocycles. The van der Waals surface area contributed by atoms with Crippen LogP contribution in [0.3, 0.4) is 0 Å². The molecule has 0 aromatic heterocycles. The maximum Gasteiger partial charge on any atom is 0.416 e. The van der Waals surface area contributed by atoms with Crippen LogP contribution in [-0.4, -0.2) is 6.54 Å². The normalized spacial score (nSPS) is 26.2. The molecule has 1 saturated carbocycles. The fourth-order valence-electron chi connectivity index (χ4n) is 2.80. The van der Waals surface area contributed by atoms with E-state index in [0.29, 0.717) is 18.2 Å². The average molecular weight is 261 g/mol. The summed E-state index contributed by atoms with van der Waals surface area (Å²) in [5.74, 6) is -0.835. The van der Waals surface area contributed by atoms with Gasteiger partial charge in [0.1, 0.15) is 5.82 Å². The third-order valence-corrected chi connectivity index (χ3v) is 3.91. The number of alkyl halides is 3. The minimum atomic E-state index is -4.52. The summed E-state index contributed by atoms with van der Waals surface area (Å²) in [5, 5.41) is 0. The topological polar surface area (TPSA) is 26.0 Å². The van der Waals surface area contributed by atoms with Crippen molar-refractivity contribution in [1.29, 1.82) is 0 Å². The zero-order valence-electron chi connectivity index (χ0n) is 10.2. The Kier molecular flexibility index (Phi) is 2.93. The molecule has 0 amide bonds. The maximum atomic E-state index is 13.3. The molecule has 100 valence electrons. The molecule has 0 aliphatic heterocycles. The Hall–Kier alpha value is -1.10. The summed E-state index contributed by atoms with van der Waals surface area (Å²) in [5.41, 5.74) is 4.88. The van der Waals surface area contributed by atoms with Gasteiger partial charge in [0.2, 0.25) is 0 Å². The zero-order valence-corrected chi connectivity index (χ0v) is 10.2. The molecular weight excluding hydrogens is 246 g/mol. The van der Waals surface area contributed by atoms with Crippen LogP contribution in [0.1, 0.15) is 30.9 Å². The van der Waals surface area contributed by atoms with Crippen LogP contribution in [-0.2, 0) is 6.18 Å². The summed E-state index contributed by atoms with van der Waals surface area (Å²) in [6.07, 6.45) is -4.52. The van der Waals surface area contributed by atoms with E-state index in [0.717, 1.165) is 6.07 Å². The van der Waals surface area contributed by atoms with Gasteiger partial charge in [0, 0.05) is 0 Å². The summed E-state index contributed by atoms with van der Waals surface area (Å²) < 4.78 is 51.1. The number of hydrogen-bond donors (Lipinski definition) is 1. The number of benzene rings is 1. The standard InChI is InChI=1S/C13H15F4N/c1-12(2)10(6-18)11(12)7-3-8(13(15,16)17)5-9(14)4-7/h3-5,10-11H,6,18H2,1-2H3. The van der Waals surface area contributed by atoms with Gasteiger partial charge in [0.25, 0.3) is 0 Å². The van der Waals surface area contributed by atoms with E-state index in [-0.39, 0.29) is 17.3 Å². The van der Waals surface area contributed by atoms with Crippen molar-refractivity contribution < 1.29 is 17.6 Å². The SMILES string of the molecule is CC1(C)C(CN)C1c1cc(F)cc(C(F)(F)F)c1. The molecule has 2 rings (SSSR count). The number of nitrogens with two attached hydrogens (primary N) is 1. The molecule has 2 N–H and O–H groups in total. The highest BCUT2D eigenvalue weighted by Crippen LogP contribution is 2.64. The summed E-state index contributed by atoms with van der Waals surface area (Å²) in [6.45, 7) is 4.27. The minimum absolute atomic E-state index is 0.0979. The molecule has 1 aromatic carbocycles. The van der Waals surface area contributed by atoms with Crippen LogP contribution in [0.15, 0.2) is 18.2 Å². The van der Waals surface area contributed by atoms with Gasteiger partial charge in [-0.15, -0.1) is 0 Å². The summed E-state index contributed by atoms with van der Waals surface area (Å²) >= 11 is 0. The fourth-order valence-corrected chi connectivity index (χ4v) is 2.80. The van der Waals surface area contributed by atoms with E-state index >= 15 is 0 Å². The molecule has 1 aromatic rings. The van der Waals surface area contributed by atoms with Gasteiger partial charge in [0.05, 0.1) is 5.56 Å². The first-order valence-corrected chi connectivity index (χ1v) is 5.75. The Morgan fingerprint density at radius 2 is 1.83 bits per heavy atom. The maximum absolute atomic E-state index is 13.3. The fraction of sp³-hybridized carbons (Fsp3) is 0.538. The molecule has 0 bridgehead atoms. The van der Waals surface area contributed by atoms with E-state index in [1.807, 2.05) is 13.8 Å². The highest BCUT2D eigenvalue weighted by molar-refractivity contribution is 5.36. The van der Waals surface area contributed by atoms with Crippen molar-refractivity contribution in [1.82, 2.24) is 0 Å². The Balaban J connectivity index is 2.39. The van der Waals surface area contributed by atoms with Crippen molar-refractivity contribution in [2.75, 3.05) is 6.54 Å². The molecule has 0 radical (unpaired) electrons. The molecule has 1 fully saturated rings. The van der Waals surface area contributed by atoms with Crippen molar-refractivity contribution >= 4 is 0 Å². The molecule has 1 aliphatic carbocycles. The predicted octanol–water partition coefficient (Wildman–Crippen LogP) is 3.54. The molecule has 1 nitrogen and oxygen atoms in total. The Morgan fingerprint density at radius 1 is 1.22 bits per heavy atom. The van der Waals surface area contributed by atoms with Gasteiger partial charge in [-0.25, -0.2) is 4.39 Å². The first kappa shape index (κ1) is 13.3. The number of hydrogen-bond acceptors (Lipinski definition) is 1. The van der Waals surface area contributed by atoms with Crippen molar-refractivity contribution in [3.8, 4) is 0 Å². The quantitative estimate of drug-likeness (QED) is 0.809. The van der Waals surface area contributed by atoms with Gasteiger partial charge >= 0.3 is 6.18 Å². The second-order valence-corrected chi connectivity index (χ2v) is 5.41. The minimum Gasteiger partial charge on any atom is -0.330 e. The lowest BCUT2D eigenvalue weighted by Crippen LogP contribution is -2.07. The molecule has 5 heteroatoms. The highest BCUT2D eigenvalue weighted by Gasteiger charge is 2.57. The van der Waals surface area contributed by atoms with E-state index in [1.54, 1.807) is 0 Å². The molecular formula is C13H15F4N. The first-order valence-electron chi connectivity index (χ1n) is 5.75. The van der Waals surface area contributed by atoms with E-state index in [2.05, 4.69) is 0 Å². The van der Waals surface area contributed by atoms with Gasteiger partial charge in [0.15, 0.2) is 0 Å². The number of halogens is 4. The third kappa shape index (κ3) is 2.11. The predicted molar refractivity (Wildman–Crippen MR) is 60.5 cm³/mol. The van der Waals surface area contributed by atoms with Crippen LogP contribution in [0.2, 0.25) is 0 Å². The summed E-state index contributed by atoms with van der Waals surface area (Å²) in [4.78, 5) is 0. The molecule has 1 aliphatic rings. The molecule has 0 spiro atoms. The van der Waals surface area contributed by atoms with E-state index in [4.69, 9.17) is 5.73 Å². The molecule has 2 unspecified atom stereocenters. The molecule has 0 saturated heterocycles. The molecule has 2 atom stereocenters. The van der Waals surface area contributed by atoms with E-state index < -0.39 is 17.6 Å². The average Bonchev–Trinajstić information content (AvgIpc) is 2.78. The van der Waals surface area contributed by atoms with E-state index in [1.165, 1.54) is 6.07 Å². The summed E-state index contributed by atoms with van der Waals surface area (Å²) in [6, 6.07) is 2.73. The van der Waals surface area contributed by atoms with Crippen molar-refractivity contribution in [2.24, 2.45) is 17.1 Å². The zero-order chi connectivity index (χ0) is 13.7. The second-order valence-electron chi connectivity index (χ2n) is 5.41. The van der Waals surface area contributed by atoms with Gasteiger partial charge in [-0.05, 0) is 47.6 Å². The van der Waals surface area contributed by atoms with E-state index in [9.17, 15) is 17.6 Å². The Bertz CT molecular complexity index is 465. The van der Waals surface area contributed by atoms with Crippen molar-refractivity contribution in [3.63, 3.8) is 0 Å². The first-order chi connectivity index (χ1) is 8.17.